The van der Waals surface area contributed by atoms with Crippen molar-refractivity contribution < 1.29 is 19.1 Å². The second-order valence-electron chi connectivity index (χ2n) is 7.49. The number of hydrogen-bond acceptors (Lipinski definition) is 5. The molecule has 1 aromatic heterocycles. The van der Waals surface area contributed by atoms with Crippen LogP contribution in [0.1, 0.15) is 10.4 Å². The fourth-order valence-electron chi connectivity index (χ4n) is 2.78. The van der Waals surface area contributed by atoms with E-state index in [1.807, 2.05) is 13.9 Å². The number of hydroxylamine groups is 1. The second-order valence-corrected chi connectivity index (χ2v) is 8.81. The molecule has 13 heteroatoms. The van der Waals surface area contributed by atoms with E-state index in [0.717, 1.165) is 9.94 Å². The Kier molecular flexibility index (Phi) is 6.52. The number of imidazole rings is 1. The van der Waals surface area contributed by atoms with Crippen molar-refractivity contribution in [2.45, 2.75) is 5.40 Å². The third-order valence-electron chi connectivity index (χ3n) is 4.51. The molecule has 0 saturated heterocycles. The lowest BCUT2D eigenvalue weighted by atomic mass is 9.66. The maximum absolute atomic E-state index is 15.4. The summed E-state index contributed by atoms with van der Waals surface area (Å²) in [5.41, 5.74) is 3.94. The molecule has 3 aromatic rings. The molecule has 3 rings (SSSR count). The Morgan fingerprint density at radius 1 is 1.40 bits per heavy atom. The van der Waals surface area contributed by atoms with Crippen molar-refractivity contribution in [3.63, 3.8) is 0 Å². The number of carbonyl (C=O) groups excluding carboxylic acids is 1. The minimum Gasteiger partial charge on any atom is -0.395 e. The van der Waals surface area contributed by atoms with Gasteiger partial charge in [-0.2, -0.15) is 0 Å². The van der Waals surface area contributed by atoms with Crippen molar-refractivity contribution in [3.8, 4) is 0 Å². The quantitative estimate of drug-likeness (QED) is 0.325. The number of aliphatic hydroxyl groups excluding tert-OH is 1. The monoisotopic (exact) mass is 492 g/mol. The molecule has 0 aliphatic heterocycles. The van der Waals surface area contributed by atoms with Crippen molar-refractivity contribution in [2.75, 3.05) is 11.9 Å². The first-order valence-electron chi connectivity index (χ1n) is 8.99. The predicted octanol–water partition coefficient (Wildman–Crippen LogP) is -0.296. The van der Waals surface area contributed by atoms with Crippen LogP contribution in [0.5, 0.6) is 0 Å². The number of halogens is 3. The van der Waals surface area contributed by atoms with Crippen molar-refractivity contribution in [1.82, 2.24) is 15.0 Å². The van der Waals surface area contributed by atoms with Gasteiger partial charge in [-0.25, -0.2) is 14.9 Å². The number of fused-ring (bicyclic) bond motifs is 1. The smallest absolute Gasteiger partial charge is 0.277 e. The molecule has 1 heterocycles. The Bertz CT molecular complexity index is 1120. The number of nitrogens with one attached hydrogen (secondary N) is 2. The highest BCUT2D eigenvalue weighted by atomic mass is 79.9. The average molecular weight is 493 g/mol. The molecule has 0 unspecified atom stereocenters. The van der Waals surface area contributed by atoms with Crippen LogP contribution in [0.25, 0.3) is 11.0 Å². The summed E-state index contributed by atoms with van der Waals surface area (Å²) < 4.78 is 17.8. The van der Waals surface area contributed by atoms with Gasteiger partial charge in [0.1, 0.15) is 29.1 Å². The first kappa shape index (κ1) is 22.7. The fraction of sp³-hybridized carbons (Fsp3) is 0.176. The molecule has 1 amide bonds. The number of aryl methyl sites for hydroxylation is 1. The molecule has 2 aromatic carbocycles. The van der Waals surface area contributed by atoms with Gasteiger partial charge in [-0.1, -0.05) is 39.1 Å². The summed E-state index contributed by atoms with van der Waals surface area (Å²) in [6, 6.07) is 5.00. The Morgan fingerprint density at radius 3 is 2.73 bits per heavy atom. The molecule has 0 saturated carbocycles. The van der Waals surface area contributed by atoms with E-state index < -0.39 is 17.1 Å². The molecule has 0 bridgehead atoms. The normalized spacial score (nSPS) is 11.6. The number of benzene rings is 2. The lowest BCUT2D eigenvalue weighted by Gasteiger charge is -2.23. The highest BCUT2D eigenvalue weighted by Crippen LogP contribution is 2.33. The Labute approximate surface area is 188 Å². The number of aromatic nitrogens is 2. The van der Waals surface area contributed by atoms with Crippen LogP contribution in [0.3, 0.4) is 0 Å². The topological polar surface area (TPSA) is 88.4 Å². The predicted molar refractivity (Wildman–Crippen MR) is 127 cm³/mol. The maximum atomic E-state index is 15.4. The van der Waals surface area contributed by atoms with Crippen molar-refractivity contribution in [2.24, 2.45) is 7.05 Å². The Balaban J connectivity index is 2.11. The van der Waals surface area contributed by atoms with Gasteiger partial charge in [-0.3, -0.25) is 9.63 Å². The van der Waals surface area contributed by atoms with E-state index in [-0.39, 0.29) is 23.4 Å². The lowest BCUT2D eigenvalue weighted by molar-refractivity contribution is -0.0235. The van der Waals surface area contributed by atoms with Gasteiger partial charge in [-0.05, 0) is 12.1 Å². The lowest BCUT2D eigenvalue weighted by Crippen LogP contribution is -2.44. The Morgan fingerprint density at radius 2 is 2.10 bits per heavy atom. The van der Waals surface area contributed by atoms with Crippen LogP contribution in [-0.2, 0) is 11.9 Å². The van der Waals surface area contributed by atoms with E-state index in [4.69, 9.17) is 16.4 Å². The van der Waals surface area contributed by atoms with Gasteiger partial charge in [0.15, 0.2) is 5.82 Å². The SMILES string of the molecule is Bc1cc(Br)cc(Cl)c1Nc1c(C(=O)NOC(B)(B)CO)cc2c(ncn2C)c1F. The van der Waals surface area contributed by atoms with Crippen LogP contribution < -0.4 is 16.3 Å². The van der Waals surface area contributed by atoms with Crippen molar-refractivity contribution >= 4 is 84.8 Å². The van der Waals surface area contributed by atoms with Gasteiger partial charge in [-0.15, -0.1) is 0 Å². The number of anilines is 2. The average Bonchev–Trinajstić information content (AvgIpc) is 3.05. The molecule has 154 valence electrons. The largest absolute Gasteiger partial charge is 0.395 e. The molecule has 0 radical (unpaired) electrons. The fourth-order valence-corrected chi connectivity index (χ4v) is 3.80. The summed E-state index contributed by atoms with van der Waals surface area (Å²) in [5.74, 6) is -1.38. The molecule has 0 aliphatic carbocycles. The second kappa shape index (κ2) is 8.62. The number of amides is 1. The zero-order valence-electron chi connectivity index (χ0n) is 16.8. The van der Waals surface area contributed by atoms with Crippen LogP contribution in [0.4, 0.5) is 15.8 Å². The molecule has 0 spiro atoms. The minimum absolute atomic E-state index is 0.00396. The van der Waals surface area contributed by atoms with Crippen LogP contribution in [0.2, 0.25) is 5.02 Å². The van der Waals surface area contributed by atoms with E-state index in [0.29, 0.717) is 16.2 Å². The molecule has 0 aliphatic rings. The van der Waals surface area contributed by atoms with Gasteiger partial charge in [0.25, 0.3) is 5.91 Å². The minimum atomic E-state index is -1.01. The van der Waals surface area contributed by atoms with Crippen LogP contribution in [-0.4, -0.2) is 56.1 Å². The van der Waals surface area contributed by atoms with Gasteiger partial charge in [0, 0.05) is 11.5 Å². The van der Waals surface area contributed by atoms with E-state index in [9.17, 15) is 9.90 Å². The summed E-state index contributed by atoms with van der Waals surface area (Å²) in [7, 11) is 6.71. The van der Waals surface area contributed by atoms with Gasteiger partial charge in [0.2, 0.25) is 0 Å². The number of rotatable bonds is 6. The highest BCUT2D eigenvalue weighted by Gasteiger charge is 2.25. The van der Waals surface area contributed by atoms with Crippen molar-refractivity contribution in [3.05, 3.63) is 45.4 Å². The Hall–Kier alpha value is -2.01. The summed E-state index contributed by atoms with van der Waals surface area (Å²) >= 11 is 9.71. The molecule has 0 atom stereocenters. The van der Waals surface area contributed by atoms with Gasteiger partial charge >= 0.3 is 0 Å². The molecule has 7 nitrogen and oxygen atoms in total. The van der Waals surface area contributed by atoms with Crippen LogP contribution in [0.15, 0.2) is 29.0 Å². The summed E-state index contributed by atoms with van der Waals surface area (Å²) in [6.07, 6.45) is 1.46. The maximum Gasteiger partial charge on any atom is 0.277 e. The van der Waals surface area contributed by atoms with E-state index in [1.165, 1.54) is 12.4 Å². The van der Waals surface area contributed by atoms with Gasteiger partial charge < -0.3 is 15.0 Å². The van der Waals surface area contributed by atoms with E-state index in [2.05, 4.69) is 31.7 Å². The van der Waals surface area contributed by atoms with Crippen LogP contribution in [0, 0.1) is 5.82 Å². The molecule has 0 fully saturated rings. The first-order valence-corrected chi connectivity index (χ1v) is 10.2. The molecular formula is C17H18B3BrClFN4O3. The van der Waals surface area contributed by atoms with Crippen molar-refractivity contribution in [1.29, 1.82) is 0 Å². The van der Waals surface area contributed by atoms with Crippen LogP contribution >= 0.6 is 27.5 Å². The summed E-state index contributed by atoms with van der Waals surface area (Å²) in [4.78, 5) is 22.2. The molecule has 30 heavy (non-hydrogen) atoms. The van der Waals surface area contributed by atoms with E-state index >= 15 is 4.39 Å². The van der Waals surface area contributed by atoms with E-state index in [1.54, 1.807) is 33.4 Å². The number of carbonyl (C=O) groups is 1. The number of hydrogen-bond donors (Lipinski definition) is 3. The first-order chi connectivity index (χ1) is 14.0. The zero-order chi connectivity index (χ0) is 22.2. The third-order valence-corrected chi connectivity index (χ3v) is 5.26. The summed E-state index contributed by atoms with van der Waals surface area (Å²) in [5, 5.41) is 11.6. The summed E-state index contributed by atoms with van der Waals surface area (Å²) in [6.45, 7) is -0.318. The molecule has 3 N–H and O–H groups in total. The standard InChI is InChI=1S/C17H18B3BrClFN4O3/c1-27-6-24-15-11(27)4-8(16(29)26-30-17(19,20)5-28)13(12(15)23)25-14-9(18)2-7(21)3-10(14)22/h2-4,6,25,28H,5,18-20H2,1H3,(H,26,29). The number of aliphatic hydroxyl groups is 1. The zero-order valence-corrected chi connectivity index (χ0v) is 19.2. The highest BCUT2D eigenvalue weighted by molar-refractivity contribution is 9.10. The third kappa shape index (κ3) is 4.51. The number of nitrogens with zero attached hydrogens (tertiary/aromatic N) is 2. The van der Waals surface area contributed by atoms with Gasteiger partial charge in [0.05, 0.1) is 45.8 Å². The molecular weight excluding hydrogens is 475 g/mol.